The number of hydrogen-bond acceptors (Lipinski definition) is 2. The molecule has 3 heteroatoms. The fourth-order valence-electron chi connectivity index (χ4n) is 2.09. The molecule has 2 rings (SSSR count). The van der Waals surface area contributed by atoms with Gasteiger partial charge in [0.25, 0.3) is 5.91 Å². The molecule has 2 aromatic rings. The second-order valence-electron chi connectivity index (χ2n) is 4.46. The van der Waals surface area contributed by atoms with E-state index in [1.54, 1.807) is 12.1 Å². The number of nitrogens with two attached hydrogens (primary N) is 1. The fourth-order valence-corrected chi connectivity index (χ4v) is 2.09. The molecule has 0 saturated heterocycles. The van der Waals surface area contributed by atoms with Crippen LogP contribution in [-0.2, 0) is 6.54 Å². The molecule has 1 atom stereocenters. The van der Waals surface area contributed by atoms with E-state index in [4.69, 9.17) is 5.73 Å². The van der Waals surface area contributed by atoms with Gasteiger partial charge in [-0.05, 0) is 30.2 Å². The van der Waals surface area contributed by atoms with Crippen molar-refractivity contribution in [1.29, 1.82) is 0 Å². The standard InChI is InChI=1S/C16H18N2O/c1-12(15-10-6-5-9-14(15)11-17)18-16(19)13-7-3-2-4-8-13/h2-10,12H,11,17H2,1H3,(H,18,19)/t12-/m0/s1. The van der Waals surface area contributed by atoms with Gasteiger partial charge in [0, 0.05) is 12.1 Å². The first-order valence-corrected chi connectivity index (χ1v) is 6.36. The molecular weight excluding hydrogens is 236 g/mol. The van der Waals surface area contributed by atoms with Crippen LogP contribution in [0.5, 0.6) is 0 Å². The van der Waals surface area contributed by atoms with Crippen LogP contribution in [0, 0.1) is 0 Å². The van der Waals surface area contributed by atoms with E-state index in [1.807, 2.05) is 49.4 Å². The highest BCUT2D eigenvalue weighted by Crippen LogP contribution is 2.17. The molecule has 0 unspecified atom stereocenters. The molecule has 2 aromatic carbocycles. The van der Waals surface area contributed by atoms with Crippen molar-refractivity contribution in [2.24, 2.45) is 5.73 Å². The van der Waals surface area contributed by atoms with Gasteiger partial charge >= 0.3 is 0 Å². The lowest BCUT2D eigenvalue weighted by atomic mass is 10.0. The van der Waals surface area contributed by atoms with Gasteiger partial charge in [-0.2, -0.15) is 0 Å². The van der Waals surface area contributed by atoms with Crippen molar-refractivity contribution >= 4 is 5.91 Å². The number of amides is 1. The molecule has 0 spiro atoms. The predicted molar refractivity (Wildman–Crippen MR) is 76.7 cm³/mol. The van der Waals surface area contributed by atoms with Crippen LogP contribution >= 0.6 is 0 Å². The summed E-state index contributed by atoms with van der Waals surface area (Å²) in [6.07, 6.45) is 0. The largest absolute Gasteiger partial charge is 0.346 e. The van der Waals surface area contributed by atoms with Crippen molar-refractivity contribution in [3.8, 4) is 0 Å². The molecule has 0 bridgehead atoms. The van der Waals surface area contributed by atoms with Crippen molar-refractivity contribution in [1.82, 2.24) is 5.32 Å². The average molecular weight is 254 g/mol. The summed E-state index contributed by atoms with van der Waals surface area (Å²) in [6.45, 7) is 2.44. The van der Waals surface area contributed by atoms with Gasteiger partial charge in [-0.1, -0.05) is 42.5 Å². The van der Waals surface area contributed by atoms with Gasteiger partial charge in [-0.3, -0.25) is 4.79 Å². The van der Waals surface area contributed by atoms with Crippen molar-refractivity contribution in [2.45, 2.75) is 19.5 Å². The lowest BCUT2D eigenvalue weighted by Crippen LogP contribution is -2.27. The molecule has 0 fully saturated rings. The Kier molecular flexibility index (Phi) is 4.31. The Hall–Kier alpha value is -2.13. The van der Waals surface area contributed by atoms with Gasteiger partial charge in [-0.15, -0.1) is 0 Å². The Morgan fingerprint density at radius 3 is 2.42 bits per heavy atom. The minimum absolute atomic E-state index is 0.0625. The van der Waals surface area contributed by atoms with E-state index in [0.29, 0.717) is 12.1 Å². The predicted octanol–water partition coefficient (Wildman–Crippen LogP) is 2.64. The molecule has 3 nitrogen and oxygen atoms in total. The van der Waals surface area contributed by atoms with Gasteiger partial charge in [0.15, 0.2) is 0 Å². The molecule has 0 aliphatic rings. The smallest absolute Gasteiger partial charge is 0.251 e. The summed E-state index contributed by atoms with van der Waals surface area (Å²) >= 11 is 0. The van der Waals surface area contributed by atoms with Crippen molar-refractivity contribution in [3.63, 3.8) is 0 Å². The number of carbonyl (C=O) groups is 1. The second-order valence-corrected chi connectivity index (χ2v) is 4.46. The van der Waals surface area contributed by atoms with E-state index >= 15 is 0 Å². The number of carbonyl (C=O) groups excluding carboxylic acids is 1. The fraction of sp³-hybridized carbons (Fsp3) is 0.188. The summed E-state index contributed by atoms with van der Waals surface area (Å²) in [7, 11) is 0. The highest BCUT2D eigenvalue weighted by Gasteiger charge is 2.13. The Bertz CT molecular complexity index is 552. The zero-order valence-corrected chi connectivity index (χ0v) is 11.0. The molecule has 0 aliphatic heterocycles. The molecular formula is C16H18N2O. The summed E-state index contributed by atoms with van der Waals surface area (Å²) < 4.78 is 0. The molecule has 0 heterocycles. The first-order valence-electron chi connectivity index (χ1n) is 6.36. The molecule has 0 aliphatic carbocycles. The van der Waals surface area contributed by atoms with Gasteiger partial charge < -0.3 is 11.1 Å². The maximum Gasteiger partial charge on any atom is 0.251 e. The van der Waals surface area contributed by atoms with Gasteiger partial charge in [0.2, 0.25) is 0 Å². The van der Waals surface area contributed by atoms with Crippen LogP contribution in [-0.4, -0.2) is 5.91 Å². The van der Waals surface area contributed by atoms with E-state index in [-0.39, 0.29) is 11.9 Å². The van der Waals surface area contributed by atoms with Crippen LogP contribution in [0.4, 0.5) is 0 Å². The summed E-state index contributed by atoms with van der Waals surface area (Å²) in [6, 6.07) is 17.0. The third-order valence-electron chi connectivity index (χ3n) is 3.13. The second kappa shape index (κ2) is 6.16. The number of rotatable bonds is 4. The highest BCUT2D eigenvalue weighted by molar-refractivity contribution is 5.94. The Balaban J connectivity index is 2.13. The first-order chi connectivity index (χ1) is 9.22. The zero-order chi connectivity index (χ0) is 13.7. The SMILES string of the molecule is C[C@H](NC(=O)c1ccccc1)c1ccccc1CN. The van der Waals surface area contributed by atoms with Gasteiger partial charge in [-0.25, -0.2) is 0 Å². The van der Waals surface area contributed by atoms with Crippen LogP contribution in [0.3, 0.4) is 0 Å². The van der Waals surface area contributed by atoms with E-state index < -0.39 is 0 Å². The Morgan fingerprint density at radius 1 is 1.11 bits per heavy atom. The number of benzene rings is 2. The summed E-state index contributed by atoms with van der Waals surface area (Å²) in [5.41, 5.74) is 8.51. The average Bonchev–Trinajstić information content (AvgIpc) is 2.48. The highest BCUT2D eigenvalue weighted by atomic mass is 16.1. The Morgan fingerprint density at radius 2 is 1.74 bits per heavy atom. The number of nitrogens with one attached hydrogen (secondary N) is 1. The molecule has 0 radical (unpaired) electrons. The first kappa shape index (κ1) is 13.3. The van der Waals surface area contributed by atoms with Crippen molar-refractivity contribution in [2.75, 3.05) is 0 Å². The molecule has 3 N–H and O–H groups in total. The van der Waals surface area contributed by atoms with Gasteiger partial charge in [0.1, 0.15) is 0 Å². The van der Waals surface area contributed by atoms with Crippen LogP contribution in [0.25, 0.3) is 0 Å². The van der Waals surface area contributed by atoms with Crippen LogP contribution in [0.2, 0.25) is 0 Å². The zero-order valence-electron chi connectivity index (χ0n) is 11.0. The van der Waals surface area contributed by atoms with Crippen molar-refractivity contribution < 1.29 is 4.79 Å². The van der Waals surface area contributed by atoms with Crippen LogP contribution in [0.15, 0.2) is 54.6 Å². The number of hydrogen-bond donors (Lipinski definition) is 2. The monoisotopic (exact) mass is 254 g/mol. The lowest BCUT2D eigenvalue weighted by Gasteiger charge is -2.17. The topological polar surface area (TPSA) is 55.1 Å². The molecule has 98 valence electrons. The molecule has 0 saturated carbocycles. The maximum absolute atomic E-state index is 12.1. The van der Waals surface area contributed by atoms with E-state index in [1.165, 1.54) is 0 Å². The van der Waals surface area contributed by atoms with Crippen LogP contribution < -0.4 is 11.1 Å². The quantitative estimate of drug-likeness (QED) is 0.881. The molecule has 19 heavy (non-hydrogen) atoms. The summed E-state index contributed by atoms with van der Waals surface area (Å²) in [4.78, 5) is 12.1. The van der Waals surface area contributed by atoms with Crippen molar-refractivity contribution in [3.05, 3.63) is 71.3 Å². The van der Waals surface area contributed by atoms with Gasteiger partial charge in [0.05, 0.1) is 6.04 Å². The molecule has 0 aromatic heterocycles. The maximum atomic E-state index is 12.1. The molecule has 1 amide bonds. The minimum Gasteiger partial charge on any atom is -0.346 e. The van der Waals surface area contributed by atoms with E-state index in [9.17, 15) is 4.79 Å². The van der Waals surface area contributed by atoms with Crippen LogP contribution in [0.1, 0.15) is 34.5 Å². The summed E-state index contributed by atoms with van der Waals surface area (Å²) in [5, 5.41) is 2.99. The summed E-state index contributed by atoms with van der Waals surface area (Å²) in [5.74, 6) is -0.0695. The third kappa shape index (κ3) is 3.20. The third-order valence-corrected chi connectivity index (χ3v) is 3.13. The minimum atomic E-state index is -0.0695. The normalized spacial score (nSPS) is 11.9. The Labute approximate surface area is 113 Å². The lowest BCUT2D eigenvalue weighted by molar-refractivity contribution is 0.0940. The van der Waals surface area contributed by atoms with E-state index in [2.05, 4.69) is 5.32 Å². The van der Waals surface area contributed by atoms with E-state index in [0.717, 1.165) is 11.1 Å².